The van der Waals surface area contributed by atoms with Gasteiger partial charge in [-0.1, -0.05) is 0 Å². The Bertz CT molecular complexity index is 252. The molecule has 0 aromatic carbocycles. The van der Waals surface area contributed by atoms with Crippen molar-refractivity contribution >= 4 is 11.8 Å². The molecule has 0 atom stereocenters. The van der Waals surface area contributed by atoms with Crippen LogP contribution >= 0.6 is 0 Å². The number of carbonyl (C=O) groups is 2. The molecule has 84 valence electrons. The highest BCUT2D eigenvalue weighted by Crippen LogP contribution is 2.49. The van der Waals surface area contributed by atoms with Crippen molar-refractivity contribution in [1.82, 2.24) is 0 Å². The third-order valence-electron chi connectivity index (χ3n) is 3.26. The molecule has 2 fully saturated rings. The van der Waals surface area contributed by atoms with Gasteiger partial charge in [-0.2, -0.15) is 0 Å². The van der Waals surface area contributed by atoms with Gasteiger partial charge in [0.2, 0.25) is 0 Å². The molecule has 2 rings (SSSR count). The Balaban J connectivity index is 1.84. The number of Topliss-reactive ketones (excluding diaryl/α,β-unsaturated/α-hetero) is 1. The predicted octanol–water partition coefficient (Wildman–Crippen LogP) is 1.94. The molecular weight excluding hydrogens is 192 g/mol. The first-order valence-electron chi connectivity index (χ1n) is 5.90. The van der Waals surface area contributed by atoms with Crippen LogP contribution in [0.4, 0.5) is 0 Å². The van der Waals surface area contributed by atoms with E-state index in [2.05, 4.69) is 0 Å². The molecule has 0 aromatic heterocycles. The number of ether oxygens (including phenoxy) is 1. The molecule has 0 N–H and O–H groups in total. The molecule has 0 bridgehead atoms. The second-order valence-corrected chi connectivity index (χ2v) is 4.65. The third-order valence-corrected chi connectivity index (χ3v) is 3.26. The minimum absolute atomic E-state index is 0.00843. The highest BCUT2D eigenvalue weighted by molar-refractivity contribution is 5.97. The maximum Gasteiger partial charge on any atom is 0.313 e. The van der Waals surface area contributed by atoms with Crippen molar-refractivity contribution < 1.29 is 14.3 Å². The van der Waals surface area contributed by atoms with Crippen molar-refractivity contribution in [3.05, 3.63) is 0 Å². The molecule has 2 saturated carbocycles. The van der Waals surface area contributed by atoms with Gasteiger partial charge in [0.05, 0.1) is 6.61 Å². The van der Waals surface area contributed by atoms with Crippen LogP contribution in [0.25, 0.3) is 0 Å². The molecule has 0 heterocycles. The van der Waals surface area contributed by atoms with Crippen molar-refractivity contribution in [2.45, 2.75) is 39.0 Å². The highest BCUT2D eigenvalue weighted by atomic mass is 16.5. The Morgan fingerprint density at radius 1 is 1.20 bits per heavy atom. The van der Waals surface area contributed by atoms with Gasteiger partial charge in [0.15, 0.2) is 0 Å². The lowest BCUT2D eigenvalue weighted by atomic mass is 9.91. The van der Waals surface area contributed by atoms with E-state index in [0.717, 1.165) is 0 Å². The summed E-state index contributed by atoms with van der Waals surface area (Å²) in [5, 5.41) is 0. The van der Waals surface area contributed by atoms with Crippen LogP contribution in [0, 0.1) is 17.8 Å². The third kappa shape index (κ3) is 2.80. The van der Waals surface area contributed by atoms with Gasteiger partial charge in [-0.25, -0.2) is 0 Å². The molecule has 2 aliphatic carbocycles. The largest absolute Gasteiger partial charge is 0.466 e. The number of ketones is 1. The van der Waals surface area contributed by atoms with Gasteiger partial charge in [0, 0.05) is 5.92 Å². The zero-order valence-corrected chi connectivity index (χ0v) is 9.20. The molecule has 0 unspecified atom stereocenters. The molecule has 3 nitrogen and oxygen atoms in total. The van der Waals surface area contributed by atoms with Crippen LogP contribution in [0.5, 0.6) is 0 Å². The number of esters is 1. The van der Waals surface area contributed by atoms with E-state index < -0.39 is 0 Å². The lowest BCUT2D eigenvalue weighted by Gasteiger charge is -2.13. The van der Waals surface area contributed by atoms with Crippen molar-refractivity contribution in [3.63, 3.8) is 0 Å². The van der Waals surface area contributed by atoms with Gasteiger partial charge in [-0.05, 0) is 44.4 Å². The summed E-state index contributed by atoms with van der Waals surface area (Å²) in [4.78, 5) is 23.1. The van der Waals surface area contributed by atoms with Crippen molar-refractivity contribution in [2.75, 3.05) is 6.61 Å². The van der Waals surface area contributed by atoms with Crippen LogP contribution in [0.2, 0.25) is 0 Å². The Kier molecular flexibility index (Phi) is 3.08. The summed E-state index contributed by atoms with van der Waals surface area (Å²) < 4.78 is 4.80. The van der Waals surface area contributed by atoms with E-state index in [1.807, 2.05) is 0 Å². The summed E-state index contributed by atoms with van der Waals surface area (Å²) in [7, 11) is 0. The van der Waals surface area contributed by atoms with Crippen molar-refractivity contribution in [2.24, 2.45) is 17.8 Å². The summed E-state index contributed by atoms with van der Waals surface area (Å²) in [6.07, 6.45) is 4.70. The average Bonchev–Trinajstić information content (AvgIpc) is 2.97. The van der Waals surface area contributed by atoms with E-state index in [-0.39, 0.29) is 24.1 Å². The van der Waals surface area contributed by atoms with Gasteiger partial charge < -0.3 is 4.74 Å². The van der Waals surface area contributed by atoms with Gasteiger partial charge in [-0.3, -0.25) is 9.59 Å². The van der Waals surface area contributed by atoms with E-state index in [4.69, 9.17) is 4.74 Å². The monoisotopic (exact) mass is 210 g/mol. The summed E-state index contributed by atoms with van der Waals surface area (Å²) in [6.45, 7) is 2.13. The topological polar surface area (TPSA) is 43.4 Å². The number of rotatable bonds is 6. The second kappa shape index (κ2) is 4.33. The number of hydrogen-bond donors (Lipinski definition) is 0. The Morgan fingerprint density at radius 2 is 1.73 bits per heavy atom. The Hall–Kier alpha value is -0.860. The van der Waals surface area contributed by atoms with Gasteiger partial charge in [0.1, 0.15) is 12.2 Å². The molecule has 0 aliphatic heterocycles. The fraction of sp³-hybridized carbons (Fsp3) is 0.833. The van der Waals surface area contributed by atoms with E-state index >= 15 is 0 Å². The van der Waals surface area contributed by atoms with Crippen LogP contribution in [0.1, 0.15) is 39.0 Å². The molecular formula is C12H18O3. The molecule has 0 amide bonds. The lowest BCUT2D eigenvalue weighted by Crippen LogP contribution is -2.22. The normalized spacial score (nSPS) is 20.4. The quantitative estimate of drug-likeness (QED) is 0.497. The molecule has 0 spiro atoms. The molecule has 0 radical (unpaired) electrons. The van der Waals surface area contributed by atoms with Crippen LogP contribution in [-0.2, 0) is 14.3 Å². The average molecular weight is 210 g/mol. The first kappa shape index (κ1) is 10.7. The lowest BCUT2D eigenvalue weighted by molar-refractivity contribution is -0.146. The Labute approximate surface area is 90.2 Å². The summed E-state index contributed by atoms with van der Waals surface area (Å²) >= 11 is 0. The Morgan fingerprint density at radius 3 is 2.13 bits per heavy atom. The van der Waals surface area contributed by atoms with E-state index in [0.29, 0.717) is 18.4 Å². The number of carbonyl (C=O) groups excluding carboxylic acids is 2. The van der Waals surface area contributed by atoms with Crippen LogP contribution in [0.15, 0.2) is 0 Å². The fourth-order valence-corrected chi connectivity index (χ4v) is 2.29. The minimum atomic E-state index is -0.353. The smallest absolute Gasteiger partial charge is 0.313 e. The SMILES string of the molecule is CCOC(=O)CC(=O)C(C1CC1)C1CC1. The highest BCUT2D eigenvalue weighted by Gasteiger charge is 2.45. The standard InChI is InChI=1S/C12H18O3/c1-2-15-11(14)7-10(13)12(8-3-4-8)9-5-6-9/h8-9,12H,2-7H2,1H3. The minimum Gasteiger partial charge on any atom is -0.466 e. The zero-order chi connectivity index (χ0) is 10.8. The molecule has 0 saturated heterocycles. The van der Waals surface area contributed by atoms with Gasteiger partial charge >= 0.3 is 5.97 Å². The van der Waals surface area contributed by atoms with Crippen LogP contribution in [-0.4, -0.2) is 18.4 Å². The predicted molar refractivity (Wildman–Crippen MR) is 55.2 cm³/mol. The van der Waals surface area contributed by atoms with Gasteiger partial charge in [0.25, 0.3) is 0 Å². The summed E-state index contributed by atoms with van der Waals surface area (Å²) in [6, 6.07) is 0. The molecule has 2 aliphatic rings. The van der Waals surface area contributed by atoms with Crippen molar-refractivity contribution in [3.8, 4) is 0 Å². The van der Waals surface area contributed by atoms with E-state index in [9.17, 15) is 9.59 Å². The first-order valence-corrected chi connectivity index (χ1v) is 5.90. The molecule has 15 heavy (non-hydrogen) atoms. The maximum atomic E-state index is 11.9. The summed E-state index contributed by atoms with van der Waals surface area (Å²) in [5.74, 6) is 1.11. The fourth-order valence-electron chi connectivity index (χ4n) is 2.29. The van der Waals surface area contributed by atoms with Gasteiger partial charge in [-0.15, -0.1) is 0 Å². The van der Waals surface area contributed by atoms with Crippen LogP contribution in [0.3, 0.4) is 0 Å². The zero-order valence-electron chi connectivity index (χ0n) is 9.20. The summed E-state index contributed by atoms with van der Waals surface area (Å²) in [5.41, 5.74) is 0. The second-order valence-electron chi connectivity index (χ2n) is 4.65. The first-order chi connectivity index (χ1) is 7.22. The van der Waals surface area contributed by atoms with Crippen molar-refractivity contribution in [1.29, 1.82) is 0 Å². The molecule has 0 aromatic rings. The van der Waals surface area contributed by atoms with E-state index in [1.165, 1.54) is 25.7 Å². The van der Waals surface area contributed by atoms with E-state index in [1.54, 1.807) is 6.92 Å². The maximum absolute atomic E-state index is 11.9. The molecule has 3 heteroatoms. The van der Waals surface area contributed by atoms with Crippen LogP contribution < -0.4 is 0 Å². The number of hydrogen-bond acceptors (Lipinski definition) is 3.